The number of hydrogen-bond acceptors (Lipinski definition) is 4. The third kappa shape index (κ3) is 3.97. The molecule has 2 rings (SSSR count). The van der Waals surface area contributed by atoms with Crippen LogP contribution in [0.25, 0.3) is 0 Å². The Labute approximate surface area is 137 Å². The Balaban J connectivity index is 2.01. The number of hydrogen-bond donors (Lipinski definition) is 0. The van der Waals surface area contributed by atoms with E-state index in [1.807, 2.05) is 0 Å². The van der Waals surface area contributed by atoms with Crippen molar-refractivity contribution in [3.8, 4) is 0 Å². The van der Waals surface area contributed by atoms with E-state index in [4.69, 9.17) is 0 Å². The summed E-state index contributed by atoms with van der Waals surface area (Å²) in [6.07, 6.45) is -3.24. The molecule has 0 saturated carbocycles. The molecule has 0 N–H and O–H groups in total. The average Bonchev–Trinajstić information content (AvgIpc) is 2.85. The number of carbonyl (C=O) groups is 2. The van der Waals surface area contributed by atoms with Crippen LogP contribution in [0.5, 0.6) is 0 Å². The lowest BCUT2D eigenvalue weighted by molar-refractivity contribution is -0.189. The van der Waals surface area contributed by atoms with Crippen LogP contribution >= 0.6 is 27.3 Å². The van der Waals surface area contributed by atoms with Gasteiger partial charge in [-0.05, 0) is 22.4 Å². The van der Waals surface area contributed by atoms with Gasteiger partial charge >= 0.3 is 6.18 Å². The summed E-state index contributed by atoms with van der Waals surface area (Å²) < 4.78 is 39.0. The van der Waals surface area contributed by atoms with Crippen LogP contribution in [0.4, 0.5) is 18.3 Å². The Morgan fingerprint density at radius 2 is 2.27 bits per heavy atom. The number of likely N-dealkylation sites (N-methyl/N-ethyl adjacent to an activating group) is 1. The molecule has 1 aromatic heterocycles. The fourth-order valence-electron chi connectivity index (χ4n) is 2.11. The van der Waals surface area contributed by atoms with E-state index < -0.39 is 30.5 Å². The zero-order valence-corrected chi connectivity index (χ0v) is 14.0. The van der Waals surface area contributed by atoms with E-state index in [-0.39, 0.29) is 19.4 Å². The highest BCUT2D eigenvalue weighted by Crippen LogP contribution is 2.33. The van der Waals surface area contributed by atoms with Gasteiger partial charge in [0.15, 0.2) is 5.13 Å². The van der Waals surface area contributed by atoms with Crippen LogP contribution in [-0.4, -0.2) is 48.0 Å². The Hall–Kier alpha value is -1.16. The first-order valence-corrected chi connectivity index (χ1v) is 8.02. The third-order valence-electron chi connectivity index (χ3n) is 3.42. The second-order valence-corrected chi connectivity index (χ2v) is 7.34. The number of likely N-dealkylation sites (tertiary alicyclic amines) is 1. The molecular formula is C12H13BrF3N3O2S. The van der Waals surface area contributed by atoms with Gasteiger partial charge in [0.25, 0.3) is 0 Å². The maximum atomic E-state index is 12.8. The molecule has 1 aliphatic heterocycles. The highest BCUT2D eigenvalue weighted by Gasteiger charge is 2.44. The Bertz CT molecular complexity index is 578. The van der Waals surface area contributed by atoms with Gasteiger partial charge in [-0.3, -0.25) is 14.5 Å². The van der Waals surface area contributed by atoms with Gasteiger partial charge in [-0.1, -0.05) is 11.3 Å². The zero-order chi connectivity index (χ0) is 16.5. The number of alkyl halides is 3. The van der Waals surface area contributed by atoms with Crippen LogP contribution in [0.15, 0.2) is 9.98 Å². The van der Waals surface area contributed by atoms with Gasteiger partial charge in [0.1, 0.15) is 6.54 Å². The van der Waals surface area contributed by atoms with E-state index in [0.717, 1.165) is 8.69 Å². The van der Waals surface area contributed by atoms with Crippen LogP contribution in [-0.2, 0) is 9.59 Å². The summed E-state index contributed by atoms with van der Waals surface area (Å²) in [5.74, 6) is -2.47. The molecule has 10 heteroatoms. The summed E-state index contributed by atoms with van der Waals surface area (Å²) in [5.41, 5.74) is 0. The second kappa shape index (κ2) is 6.53. The number of halogens is 4. The maximum Gasteiger partial charge on any atom is 0.393 e. The van der Waals surface area contributed by atoms with Gasteiger partial charge < -0.3 is 4.90 Å². The number of rotatable bonds is 3. The molecule has 1 saturated heterocycles. The monoisotopic (exact) mass is 399 g/mol. The molecule has 0 aliphatic carbocycles. The molecule has 1 fully saturated rings. The number of anilines is 1. The topological polar surface area (TPSA) is 53.5 Å². The minimum Gasteiger partial charge on any atom is -0.333 e. The standard InChI is InChI=1S/C12H13BrF3N3O2S/c1-18(11-17-4-8(13)22-11)10(21)6-19-5-7(12(14,15)16)2-3-9(19)20/h4,7H,2-3,5-6H2,1H3. The average molecular weight is 400 g/mol. The number of piperidine rings is 1. The van der Waals surface area contributed by atoms with Gasteiger partial charge in [-0.15, -0.1) is 0 Å². The lowest BCUT2D eigenvalue weighted by Crippen LogP contribution is -2.49. The van der Waals surface area contributed by atoms with Crippen molar-refractivity contribution in [2.75, 3.05) is 25.0 Å². The lowest BCUT2D eigenvalue weighted by atomic mass is 9.97. The first-order valence-electron chi connectivity index (χ1n) is 6.41. The fourth-order valence-corrected chi connectivity index (χ4v) is 3.27. The molecule has 0 spiro atoms. The van der Waals surface area contributed by atoms with Crippen molar-refractivity contribution in [1.82, 2.24) is 9.88 Å². The molecule has 1 aliphatic rings. The third-order valence-corrected chi connectivity index (χ3v) is 4.97. The lowest BCUT2D eigenvalue weighted by Gasteiger charge is -2.33. The van der Waals surface area contributed by atoms with Gasteiger partial charge in [0.05, 0.1) is 15.9 Å². The number of aromatic nitrogens is 1. The van der Waals surface area contributed by atoms with Crippen LogP contribution in [0.1, 0.15) is 12.8 Å². The number of carbonyl (C=O) groups excluding carboxylic acids is 2. The van der Waals surface area contributed by atoms with Crippen molar-refractivity contribution in [1.29, 1.82) is 0 Å². The summed E-state index contributed by atoms with van der Waals surface area (Å²) in [6, 6.07) is 0. The number of thiazole rings is 1. The van der Waals surface area contributed by atoms with E-state index in [1.54, 1.807) is 0 Å². The van der Waals surface area contributed by atoms with Crippen molar-refractivity contribution in [3.05, 3.63) is 9.98 Å². The highest BCUT2D eigenvalue weighted by atomic mass is 79.9. The summed E-state index contributed by atoms with van der Waals surface area (Å²) in [5, 5.41) is 0.411. The SMILES string of the molecule is CN(C(=O)CN1CC(C(F)(F)F)CCC1=O)c1ncc(Br)s1. The van der Waals surface area contributed by atoms with Gasteiger partial charge in [0.2, 0.25) is 11.8 Å². The molecule has 22 heavy (non-hydrogen) atoms. The van der Waals surface area contributed by atoms with Crippen LogP contribution in [0, 0.1) is 5.92 Å². The van der Waals surface area contributed by atoms with E-state index in [2.05, 4.69) is 20.9 Å². The molecule has 0 radical (unpaired) electrons. The molecule has 1 atom stereocenters. The van der Waals surface area contributed by atoms with Crippen molar-refractivity contribution < 1.29 is 22.8 Å². The van der Waals surface area contributed by atoms with Crippen LogP contribution < -0.4 is 4.90 Å². The smallest absolute Gasteiger partial charge is 0.333 e. The van der Waals surface area contributed by atoms with Gasteiger partial charge in [-0.25, -0.2) is 4.98 Å². The molecule has 122 valence electrons. The number of amides is 2. The molecular weight excluding hydrogens is 387 g/mol. The summed E-state index contributed by atoms with van der Waals surface area (Å²) in [7, 11) is 1.48. The molecule has 2 amide bonds. The van der Waals surface area contributed by atoms with Gasteiger partial charge in [0, 0.05) is 20.0 Å². The summed E-state index contributed by atoms with van der Waals surface area (Å²) in [4.78, 5) is 30.1. The molecule has 0 bridgehead atoms. The Morgan fingerprint density at radius 3 is 2.82 bits per heavy atom. The summed E-state index contributed by atoms with van der Waals surface area (Å²) in [6.45, 7) is -0.845. The first kappa shape index (κ1) is 17.2. The van der Waals surface area contributed by atoms with Crippen LogP contribution in [0.2, 0.25) is 0 Å². The van der Waals surface area contributed by atoms with Crippen molar-refractivity contribution in [3.63, 3.8) is 0 Å². The predicted octanol–water partition coefficient (Wildman–Crippen LogP) is 2.67. The zero-order valence-electron chi connectivity index (χ0n) is 11.6. The fraction of sp³-hybridized carbons (Fsp3) is 0.583. The van der Waals surface area contributed by atoms with E-state index in [0.29, 0.717) is 5.13 Å². The predicted molar refractivity (Wildman–Crippen MR) is 78.6 cm³/mol. The van der Waals surface area contributed by atoms with E-state index in [9.17, 15) is 22.8 Å². The minimum atomic E-state index is -4.35. The van der Waals surface area contributed by atoms with Crippen LogP contribution in [0.3, 0.4) is 0 Å². The molecule has 0 aromatic carbocycles. The Kier molecular flexibility index (Phi) is 5.10. The second-order valence-electron chi connectivity index (χ2n) is 4.95. The molecule has 5 nitrogen and oxygen atoms in total. The normalized spacial score (nSPS) is 19.4. The minimum absolute atomic E-state index is 0.191. The van der Waals surface area contributed by atoms with Gasteiger partial charge in [-0.2, -0.15) is 13.2 Å². The van der Waals surface area contributed by atoms with Crippen molar-refractivity contribution in [2.45, 2.75) is 19.0 Å². The summed E-state index contributed by atoms with van der Waals surface area (Å²) >= 11 is 4.43. The quantitative estimate of drug-likeness (QED) is 0.784. The maximum absolute atomic E-state index is 12.8. The first-order chi connectivity index (χ1) is 10.2. The largest absolute Gasteiger partial charge is 0.393 e. The number of nitrogens with zero attached hydrogens (tertiary/aromatic N) is 3. The van der Waals surface area contributed by atoms with E-state index in [1.165, 1.54) is 29.5 Å². The van der Waals surface area contributed by atoms with Crippen molar-refractivity contribution >= 4 is 44.2 Å². The Morgan fingerprint density at radius 1 is 1.59 bits per heavy atom. The van der Waals surface area contributed by atoms with E-state index >= 15 is 0 Å². The molecule has 1 aromatic rings. The molecule has 1 unspecified atom stereocenters. The highest BCUT2D eigenvalue weighted by molar-refractivity contribution is 9.11. The molecule has 2 heterocycles. The van der Waals surface area contributed by atoms with Crippen molar-refractivity contribution in [2.24, 2.45) is 5.92 Å².